The molecule has 0 aliphatic carbocycles. The Kier molecular flexibility index (Phi) is 3.00. The molecule has 0 bridgehead atoms. The third-order valence-electron chi connectivity index (χ3n) is 2.50. The molecular weight excluding hydrogens is 224 g/mol. The smallest absolute Gasteiger partial charge is 0.273 e. The summed E-state index contributed by atoms with van der Waals surface area (Å²) in [4.78, 5) is 11.6. The highest BCUT2D eigenvalue weighted by atomic mass is 32.1. The van der Waals surface area contributed by atoms with Crippen LogP contribution in [-0.2, 0) is 13.6 Å². The van der Waals surface area contributed by atoms with Crippen molar-refractivity contribution in [1.29, 1.82) is 0 Å². The SMILES string of the molecule is Cc1ccc(CNC(=O)c2csnn2)n1C. The number of hydrogen-bond donors (Lipinski definition) is 1. The van der Waals surface area contributed by atoms with Crippen LogP contribution in [0.1, 0.15) is 21.9 Å². The van der Waals surface area contributed by atoms with Crippen molar-refractivity contribution in [3.63, 3.8) is 0 Å². The second-order valence-electron chi connectivity index (χ2n) is 3.50. The molecule has 1 N–H and O–H groups in total. The monoisotopic (exact) mass is 236 g/mol. The van der Waals surface area contributed by atoms with Crippen LogP contribution >= 0.6 is 11.5 Å². The van der Waals surface area contributed by atoms with Gasteiger partial charge in [0.2, 0.25) is 0 Å². The molecule has 6 heteroatoms. The Morgan fingerprint density at radius 1 is 1.56 bits per heavy atom. The Morgan fingerprint density at radius 3 is 2.94 bits per heavy atom. The second-order valence-corrected chi connectivity index (χ2v) is 4.11. The maximum Gasteiger partial charge on any atom is 0.273 e. The number of nitrogens with zero attached hydrogens (tertiary/aromatic N) is 3. The van der Waals surface area contributed by atoms with E-state index in [1.165, 1.54) is 17.2 Å². The van der Waals surface area contributed by atoms with Gasteiger partial charge in [-0.05, 0) is 30.6 Å². The van der Waals surface area contributed by atoms with Gasteiger partial charge in [-0.1, -0.05) is 4.49 Å². The van der Waals surface area contributed by atoms with Crippen LogP contribution in [0, 0.1) is 6.92 Å². The van der Waals surface area contributed by atoms with E-state index in [0.29, 0.717) is 12.2 Å². The number of aromatic nitrogens is 3. The average Bonchev–Trinajstić information content (AvgIpc) is 2.89. The third-order valence-corrected chi connectivity index (χ3v) is 3.00. The minimum atomic E-state index is -0.187. The van der Waals surface area contributed by atoms with Crippen molar-refractivity contribution in [2.45, 2.75) is 13.5 Å². The first-order chi connectivity index (χ1) is 7.68. The van der Waals surface area contributed by atoms with Crippen molar-refractivity contribution in [2.75, 3.05) is 0 Å². The predicted molar refractivity (Wildman–Crippen MR) is 61.2 cm³/mol. The van der Waals surface area contributed by atoms with Crippen molar-refractivity contribution in [3.8, 4) is 0 Å². The van der Waals surface area contributed by atoms with E-state index in [1.54, 1.807) is 5.38 Å². The summed E-state index contributed by atoms with van der Waals surface area (Å²) in [6.45, 7) is 2.52. The fourth-order valence-corrected chi connectivity index (χ4v) is 1.81. The molecule has 0 unspecified atom stereocenters. The number of nitrogens with one attached hydrogen (secondary N) is 1. The van der Waals surface area contributed by atoms with Crippen LogP contribution in [0.15, 0.2) is 17.5 Å². The molecule has 0 saturated heterocycles. The van der Waals surface area contributed by atoms with E-state index in [-0.39, 0.29) is 5.91 Å². The lowest BCUT2D eigenvalue weighted by Gasteiger charge is -2.05. The van der Waals surface area contributed by atoms with Crippen molar-refractivity contribution in [1.82, 2.24) is 19.5 Å². The Balaban J connectivity index is 1.98. The van der Waals surface area contributed by atoms with Gasteiger partial charge in [0.1, 0.15) is 0 Å². The maximum atomic E-state index is 11.6. The summed E-state index contributed by atoms with van der Waals surface area (Å²) in [5.41, 5.74) is 2.60. The first-order valence-electron chi connectivity index (χ1n) is 4.85. The highest BCUT2D eigenvalue weighted by Gasteiger charge is 2.09. The molecule has 84 valence electrons. The zero-order valence-corrected chi connectivity index (χ0v) is 9.91. The highest BCUT2D eigenvalue weighted by molar-refractivity contribution is 7.03. The van der Waals surface area contributed by atoms with Gasteiger partial charge < -0.3 is 9.88 Å². The van der Waals surface area contributed by atoms with Crippen molar-refractivity contribution >= 4 is 17.4 Å². The van der Waals surface area contributed by atoms with Crippen LogP contribution in [0.25, 0.3) is 0 Å². The van der Waals surface area contributed by atoms with Gasteiger partial charge in [-0.25, -0.2) is 0 Å². The second kappa shape index (κ2) is 4.44. The van der Waals surface area contributed by atoms with Crippen LogP contribution < -0.4 is 5.32 Å². The van der Waals surface area contributed by atoms with E-state index in [0.717, 1.165) is 5.69 Å². The summed E-state index contributed by atoms with van der Waals surface area (Å²) >= 11 is 1.17. The first-order valence-corrected chi connectivity index (χ1v) is 5.68. The highest BCUT2D eigenvalue weighted by Crippen LogP contribution is 2.05. The number of carbonyl (C=O) groups excluding carboxylic acids is 1. The van der Waals surface area contributed by atoms with Crippen LogP contribution in [0.3, 0.4) is 0 Å². The van der Waals surface area contributed by atoms with Crippen molar-refractivity contribution in [3.05, 3.63) is 34.6 Å². The summed E-state index contributed by atoms with van der Waals surface area (Å²) in [5.74, 6) is -0.187. The molecule has 0 radical (unpaired) electrons. The van der Waals surface area contributed by atoms with Crippen LogP contribution in [0.2, 0.25) is 0 Å². The number of carbonyl (C=O) groups is 1. The Labute approximate surface area is 97.3 Å². The van der Waals surface area contributed by atoms with Gasteiger partial charge in [-0.15, -0.1) is 5.10 Å². The first kappa shape index (κ1) is 10.8. The molecule has 2 aromatic heterocycles. The fourth-order valence-electron chi connectivity index (χ4n) is 1.37. The molecule has 2 rings (SSSR count). The topological polar surface area (TPSA) is 59.8 Å². The normalized spacial score (nSPS) is 10.4. The molecule has 5 nitrogen and oxygen atoms in total. The molecule has 0 saturated carbocycles. The molecule has 0 aliphatic rings. The van der Waals surface area contributed by atoms with Crippen LogP contribution in [-0.4, -0.2) is 20.1 Å². The molecule has 0 fully saturated rings. The maximum absolute atomic E-state index is 11.6. The largest absolute Gasteiger partial charge is 0.350 e. The van der Waals surface area contributed by atoms with Gasteiger partial charge in [0.05, 0.1) is 6.54 Å². The lowest BCUT2D eigenvalue weighted by molar-refractivity contribution is 0.0945. The third kappa shape index (κ3) is 2.11. The van der Waals surface area contributed by atoms with Crippen molar-refractivity contribution < 1.29 is 4.79 Å². The molecule has 2 heterocycles. The Hall–Kier alpha value is -1.69. The summed E-state index contributed by atoms with van der Waals surface area (Å²) in [6, 6.07) is 4.01. The zero-order chi connectivity index (χ0) is 11.5. The van der Waals surface area contributed by atoms with Crippen LogP contribution in [0.5, 0.6) is 0 Å². The molecule has 1 amide bonds. The molecule has 16 heavy (non-hydrogen) atoms. The summed E-state index contributed by atoms with van der Waals surface area (Å²) in [6.07, 6.45) is 0. The van der Waals surface area contributed by atoms with Gasteiger partial charge in [0.15, 0.2) is 5.69 Å². The van der Waals surface area contributed by atoms with E-state index in [4.69, 9.17) is 0 Å². The molecule has 2 aromatic rings. The molecule has 0 aliphatic heterocycles. The van der Waals surface area contributed by atoms with Crippen molar-refractivity contribution in [2.24, 2.45) is 7.05 Å². The molecule has 0 spiro atoms. The fraction of sp³-hybridized carbons (Fsp3) is 0.300. The van der Waals surface area contributed by atoms with Gasteiger partial charge >= 0.3 is 0 Å². The van der Waals surface area contributed by atoms with Gasteiger partial charge in [0, 0.05) is 23.8 Å². The van der Waals surface area contributed by atoms with E-state index >= 15 is 0 Å². The quantitative estimate of drug-likeness (QED) is 0.868. The van der Waals surface area contributed by atoms with E-state index in [2.05, 4.69) is 14.9 Å². The van der Waals surface area contributed by atoms with Gasteiger partial charge in [0.25, 0.3) is 5.91 Å². The summed E-state index contributed by atoms with van der Waals surface area (Å²) < 4.78 is 5.69. The predicted octanol–water partition coefficient (Wildman–Crippen LogP) is 1.12. The molecule has 0 aromatic carbocycles. The minimum absolute atomic E-state index is 0.187. The zero-order valence-electron chi connectivity index (χ0n) is 9.10. The standard InChI is InChI=1S/C10H12N4OS/c1-7-3-4-8(14(7)2)5-11-10(15)9-6-16-13-12-9/h3-4,6H,5H2,1-2H3,(H,11,15). The minimum Gasteiger partial charge on any atom is -0.350 e. The lowest BCUT2D eigenvalue weighted by atomic mass is 10.4. The lowest BCUT2D eigenvalue weighted by Crippen LogP contribution is -2.24. The Bertz CT molecular complexity index is 489. The van der Waals surface area contributed by atoms with E-state index < -0.39 is 0 Å². The van der Waals surface area contributed by atoms with E-state index in [1.807, 2.05) is 30.7 Å². The average molecular weight is 236 g/mol. The number of hydrogen-bond acceptors (Lipinski definition) is 4. The van der Waals surface area contributed by atoms with Crippen LogP contribution in [0.4, 0.5) is 0 Å². The Morgan fingerprint density at radius 2 is 2.38 bits per heavy atom. The van der Waals surface area contributed by atoms with Gasteiger partial charge in [-0.3, -0.25) is 4.79 Å². The number of rotatable bonds is 3. The van der Waals surface area contributed by atoms with Gasteiger partial charge in [-0.2, -0.15) is 0 Å². The number of amides is 1. The summed E-state index contributed by atoms with van der Waals surface area (Å²) in [5, 5.41) is 8.14. The van der Waals surface area contributed by atoms with E-state index in [9.17, 15) is 4.79 Å². The summed E-state index contributed by atoms with van der Waals surface area (Å²) in [7, 11) is 1.97. The molecular formula is C10H12N4OS. The molecule has 0 atom stereocenters. The number of aryl methyl sites for hydroxylation is 1.